The zero-order valence-corrected chi connectivity index (χ0v) is 7.40. The van der Waals surface area contributed by atoms with Crippen LogP contribution >= 0.6 is 11.6 Å². The zero-order valence-electron chi connectivity index (χ0n) is 6.65. The highest BCUT2D eigenvalue weighted by atomic mass is 35.5. The van der Waals surface area contributed by atoms with Crippen molar-refractivity contribution in [2.45, 2.75) is 6.42 Å². The number of rotatable bonds is 3. The minimum absolute atomic E-state index is 0.0116. The lowest BCUT2D eigenvalue weighted by Gasteiger charge is -2.23. The number of nitrogens with zero attached hydrogens (tertiary/aromatic N) is 1. The first kappa shape index (κ1) is 9.72. The van der Waals surface area contributed by atoms with Gasteiger partial charge >= 0.3 is 0 Å². The summed E-state index contributed by atoms with van der Waals surface area (Å²) in [7, 11) is 5.64. The zero-order chi connectivity index (χ0) is 8.20. The summed E-state index contributed by atoms with van der Waals surface area (Å²) < 4.78 is 0.440. The van der Waals surface area contributed by atoms with Crippen molar-refractivity contribution < 1.29 is 9.39 Å². The Hall–Kier alpha value is -0.280. The smallest absolute Gasteiger partial charge is 0.266 e. The largest absolute Gasteiger partial charge is 0.270 e. The van der Waals surface area contributed by atoms with Crippen molar-refractivity contribution in [1.82, 2.24) is 5.43 Å². The van der Waals surface area contributed by atoms with Gasteiger partial charge in [0.2, 0.25) is 0 Å². The highest BCUT2D eigenvalue weighted by molar-refractivity contribution is 6.18. The molecule has 0 aromatic rings. The number of carbonyl (C=O) groups excluding carboxylic acids is 1. The van der Waals surface area contributed by atoms with E-state index < -0.39 is 0 Å². The van der Waals surface area contributed by atoms with Gasteiger partial charge in [0.25, 0.3) is 5.91 Å². The average Bonchev–Trinajstić information content (AvgIpc) is 1.59. The van der Waals surface area contributed by atoms with Crippen LogP contribution in [0.2, 0.25) is 0 Å². The van der Waals surface area contributed by atoms with E-state index >= 15 is 0 Å². The molecule has 1 amide bonds. The number of quaternary nitrogens is 1. The molecule has 0 rings (SSSR count). The first-order valence-corrected chi connectivity index (χ1v) is 3.67. The molecule has 0 aromatic carbocycles. The molecule has 60 valence electrons. The van der Waals surface area contributed by atoms with Crippen molar-refractivity contribution >= 4 is 17.5 Å². The second-order valence-corrected chi connectivity index (χ2v) is 3.36. The SMILES string of the molecule is C[N+](C)(C)NC(=O)CCCl. The fourth-order valence-corrected chi connectivity index (χ4v) is 0.687. The van der Waals surface area contributed by atoms with Crippen molar-refractivity contribution in [2.24, 2.45) is 0 Å². The van der Waals surface area contributed by atoms with Gasteiger partial charge in [0, 0.05) is 12.3 Å². The van der Waals surface area contributed by atoms with Crippen LogP contribution in [0.4, 0.5) is 0 Å². The number of hydrogen-bond donors (Lipinski definition) is 1. The van der Waals surface area contributed by atoms with E-state index in [1.54, 1.807) is 0 Å². The fraction of sp³-hybridized carbons (Fsp3) is 0.833. The molecule has 0 aliphatic heterocycles. The summed E-state index contributed by atoms with van der Waals surface area (Å²) in [5, 5.41) is 0. The lowest BCUT2D eigenvalue weighted by atomic mass is 10.5. The molecule has 4 heteroatoms. The molecule has 0 bridgehead atoms. The molecule has 0 fully saturated rings. The summed E-state index contributed by atoms with van der Waals surface area (Å²) in [6.07, 6.45) is 0.386. The minimum Gasteiger partial charge on any atom is -0.270 e. The van der Waals surface area contributed by atoms with Gasteiger partial charge < -0.3 is 0 Å². The molecule has 10 heavy (non-hydrogen) atoms. The number of amides is 1. The summed E-state index contributed by atoms with van der Waals surface area (Å²) in [6.45, 7) is 0. The highest BCUT2D eigenvalue weighted by Gasteiger charge is 2.10. The lowest BCUT2D eigenvalue weighted by molar-refractivity contribution is -0.906. The molecule has 0 aliphatic carbocycles. The Balaban J connectivity index is 3.58. The average molecular weight is 166 g/mol. The number of nitrogens with one attached hydrogen (secondary N) is 1. The van der Waals surface area contributed by atoms with Crippen molar-refractivity contribution in [2.75, 3.05) is 27.0 Å². The molecular formula is C6H14ClN2O+. The third-order valence-electron chi connectivity index (χ3n) is 0.782. The van der Waals surface area contributed by atoms with Crippen LogP contribution < -0.4 is 5.43 Å². The monoisotopic (exact) mass is 165 g/mol. The van der Waals surface area contributed by atoms with E-state index in [1.165, 1.54) is 0 Å². The Labute approximate surface area is 66.5 Å². The predicted molar refractivity (Wildman–Crippen MR) is 41.5 cm³/mol. The Kier molecular flexibility index (Phi) is 3.68. The van der Waals surface area contributed by atoms with Crippen molar-refractivity contribution in [3.63, 3.8) is 0 Å². The molecule has 0 aromatic heterocycles. The van der Waals surface area contributed by atoms with Gasteiger partial charge in [-0.3, -0.25) is 4.79 Å². The Morgan fingerprint density at radius 2 is 2.00 bits per heavy atom. The van der Waals surface area contributed by atoms with Crippen LogP contribution in [0, 0.1) is 0 Å². The Morgan fingerprint density at radius 3 is 2.30 bits per heavy atom. The molecule has 0 atom stereocenters. The van der Waals surface area contributed by atoms with Crippen LogP contribution in [0.25, 0.3) is 0 Å². The summed E-state index contributed by atoms with van der Waals surface area (Å²) in [5.41, 5.74) is 2.73. The second-order valence-electron chi connectivity index (χ2n) is 2.99. The van der Waals surface area contributed by atoms with Crippen LogP contribution in [0.5, 0.6) is 0 Å². The van der Waals surface area contributed by atoms with Crippen molar-refractivity contribution in [3.05, 3.63) is 0 Å². The van der Waals surface area contributed by atoms with Crippen LogP contribution in [-0.4, -0.2) is 37.5 Å². The third-order valence-corrected chi connectivity index (χ3v) is 0.971. The van der Waals surface area contributed by atoms with Crippen LogP contribution in [-0.2, 0) is 4.79 Å². The van der Waals surface area contributed by atoms with E-state index in [4.69, 9.17) is 11.6 Å². The van der Waals surface area contributed by atoms with E-state index in [-0.39, 0.29) is 5.91 Å². The molecule has 0 unspecified atom stereocenters. The minimum atomic E-state index is -0.0116. The number of hydrogen-bond acceptors (Lipinski definition) is 1. The molecule has 0 saturated heterocycles. The van der Waals surface area contributed by atoms with Crippen LogP contribution in [0.1, 0.15) is 6.42 Å². The van der Waals surface area contributed by atoms with E-state index in [0.717, 1.165) is 0 Å². The normalized spacial score (nSPS) is 11.2. The Morgan fingerprint density at radius 1 is 1.50 bits per heavy atom. The van der Waals surface area contributed by atoms with Gasteiger partial charge in [-0.2, -0.15) is 0 Å². The standard InChI is InChI=1S/C6H13ClN2O/c1-9(2,3)8-6(10)4-5-7/h4-5H2,1-3H3/p+1. The third kappa shape index (κ3) is 5.85. The van der Waals surface area contributed by atoms with E-state index in [1.807, 2.05) is 21.1 Å². The molecule has 0 saturated carbocycles. The van der Waals surface area contributed by atoms with Gasteiger partial charge in [0.15, 0.2) is 0 Å². The van der Waals surface area contributed by atoms with E-state index in [9.17, 15) is 4.79 Å². The van der Waals surface area contributed by atoms with Crippen molar-refractivity contribution in [1.29, 1.82) is 0 Å². The molecule has 0 spiro atoms. The van der Waals surface area contributed by atoms with Crippen molar-refractivity contribution in [3.8, 4) is 0 Å². The van der Waals surface area contributed by atoms with Gasteiger partial charge in [-0.05, 0) is 0 Å². The molecule has 0 radical (unpaired) electrons. The highest BCUT2D eigenvalue weighted by Crippen LogP contribution is 1.87. The van der Waals surface area contributed by atoms with Crippen LogP contribution in [0.3, 0.4) is 0 Å². The van der Waals surface area contributed by atoms with Crippen LogP contribution in [0.15, 0.2) is 0 Å². The van der Waals surface area contributed by atoms with Gasteiger partial charge in [0.1, 0.15) is 0 Å². The molecule has 0 aliphatic rings. The maximum Gasteiger partial charge on any atom is 0.266 e. The fourth-order valence-electron chi connectivity index (χ4n) is 0.516. The van der Waals surface area contributed by atoms with Gasteiger partial charge in [0.05, 0.1) is 21.1 Å². The maximum absolute atomic E-state index is 10.8. The molecule has 3 nitrogen and oxygen atoms in total. The maximum atomic E-state index is 10.8. The van der Waals surface area contributed by atoms with E-state index in [2.05, 4.69) is 5.43 Å². The summed E-state index contributed by atoms with van der Waals surface area (Å²) >= 11 is 5.36. The topological polar surface area (TPSA) is 29.1 Å². The number of carbonyl (C=O) groups is 1. The second kappa shape index (κ2) is 3.78. The summed E-state index contributed by atoms with van der Waals surface area (Å²) in [4.78, 5) is 10.8. The first-order valence-electron chi connectivity index (χ1n) is 3.14. The molecular weight excluding hydrogens is 152 g/mol. The Bertz CT molecular complexity index is 119. The number of halogens is 1. The quantitative estimate of drug-likeness (QED) is 0.365. The van der Waals surface area contributed by atoms with Gasteiger partial charge in [-0.25, -0.2) is 10.0 Å². The summed E-state index contributed by atoms with van der Waals surface area (Å²) in [6, 6.07) is 0. The predicted octanol–water partition coefficient (Wildman–Crippen LogP) is 0.353. The lowest BCUT2D eigenvalue weighted by Crippen LogP contribution is -2.51. The summed E-state index contributed by atoms with van der Waals surface area (Å²) in [5.74, 6) is 0.369. The molecule has 0 heterocycles. The number of alkyl halides is 1. The molecule has 1 N–H and O–H groups in total. The van der Waals surface area contributed by atoms with Gasteiger partial charge in [-0.15, -0.1) is 11.6 Å². The first-order chi connectivity index (χ1) is 4.45. The van der Waals surface area contributed by atoms with E-state index in [0.29, 0.717) is 16.9 Å². The van der Waals surface area contributed by atoms with Gasteiger partial charge in [-0.1, -0.05) is 0 Å².